The van der Waals surface area contributed by atoms with Crippen LogP contribution in [0.5, 0.6) is 0 Å². The van der Waals surface area contributed by atoms with Crippen molar-refractivity contribution >= 4 is 5.70 Å². The SMILES string of the molecule is C=C/C=C(\C=C)n1c(-c2ccccc2)nnc1-c1ccccc1.CC. The van der Waals surface area contributed by atoms with E-state index in [9.17, 15) is 0 Å². The smallest absolute Gasteiger partial charge is 0.168 e. The summed E-state index contributed by atoms with van der Waals surface area (Å²) >= 11 is 0. The zero-order valence-electron chi connectivity index (χ0n) is 14.8. The van der Waals surface area contributed by atoms with Gasteiger partial charge in [0, 0.05) is 16.8 Å². The first-order valence-electron chi connectivity index (χ1n) is 8.37. The first-order valence-corrected chi connectivity index (χ1v) is 8.37. The molecule has 0 atom stereocenters. The Labute approximate surface area is 149 Å². The predicted octanol–water partition coefficient (Wildman–Crippen LogP) is 5.85. The van der Waals surface area contributed by atoms with Gasteiger partial charge in [-0.1, -0.05) is 93.7 Å². The average Bonchev–Trinajstić information content (AvgIpc) is 3.14. The van der Waals surface area contributed by atoms with Gasteiger partial charge in [-0.05, 0) is 12.2 Å². The number of aromatic nitrogens is 3. The molecule has 2 aromatic carbocycles. The van der Waals surface area contributed by atoms with Crippen molar-refractivity contribution in [1.82, 2.24) is 14.8 Å². The van der Waals surface area contributed by atoms with Crippen molar-refractivity contribution in [2.24, 2.45) is 0 Å². The highest BCUT2D eigenvalue weighted by Crippen LogP contribution is 2.28. The van der Waals surface area contributed by atoms with Crippen LogP contribution in [0.25, 0.3) is 28.5 Å². The molecule has 25 heavy (non-hydrogen) atoms. The van der Waals surface area contributed by atoms with E-state index < -0.39 is 0 Å². The molecule has 0 spiro atoms. The van der Waals surface area contributed by atoms with E-state index in [1.54, 1.807) is 12.2 Å². The Morgan fingerprint density at radius 2 is 1.24 bits per heavy atom. The fourth-order valence-electron chi connectivity index (χ4n) is 2.43. The third kappa shape index (κ3) is 4.01. The summed E-state index contributed by atoms with van der Waals surface area (Å²) in [5.41, 5.74) is 2.88. The van der Waals surface area contributed by atoms with E-state index in [-0.39, 0.29) is 0 Å². The minimum atomic E-state index is 0.775. The van der Waals surface area contributed by atoms with E-state index in [2.05, 4.69) is 23.4 Å². The molecule has 0 aliphatic rings. The maximum atomic E-state index is 4.40. The van der Waals surface area contributed by atoms with Crippen molar-refractivity contribution in [2.45, 2.75) is 13.8 Å². The second-order valence-corrected chi connectivity index (χ2v) is 4.95. The molecule has 0 unspecified atom stereocenters. The zero-order valence-corrected chi connectivity index (χ0v) is 14.8. The number of allylic oxidation sites excluding steroid dienone is 4. The molecule has 0 aliphatic carbocycles. The quantitative estimate of drug-likeness (QED) is 0.550. The predicted molar refractivity (Wildman–Crippen MR) is 107 cm³/mol. The third-order valence-corrected chi connectivity index (χ3v) is 3.48. The van der Waals surface area contributed by atoms with Gasteiger partial charge >= 0.3 is 0 Å². The Kier molecular flexibility index (Phi) is 6.66. The van der Waals surface area contributed by atoms with Crippen LogP contribution in [0.15, 0.2) is 92.0 Å². The second-order valence-electron chi connectivity index (χ2n) is 4.95. The summed E-state index contributed by atoms with van der Waals surface area (Å²) in [6, 6.07) is 20.0. The van der Waals surface area contributed by atoms with Crippen molar-refractivity contribution in [1.29, 1.82) is 0 Å². The molecule has 3 heteroatoms. The van der Waals surface area contributed by atoms with Crippen LogP contribution in [0.4, 0.5) is 0 Å². The molecule has 0 bridgehead atoms. The molecule has 0 saturated carbocycles. The topological polar surface area (TPSA) is 30.7 Å². The normalized spacial score (nSPS) is 10.6. The van der Waals surface area contributed by atoms with Gasteiger partial charge in [0.15, 0.2) is 11.6 Å². The highest BCUT2D eigenvalue weighted by molar-refractivity contribution is 5.73. The number of rotatable bonds is 5. The van der Waals surface area contributed by atoms with E-state index in [4.69, 9.17) is 0 Å². The average molecular weight is 329 g/mol. The van der Waals surface area contributed by atoms with Gasteiger partial charge in [0.2, 0.25) is 0 Å². The highest BCUT2D eigenvalue weighted by atomic mass is 15.3. The van der Waals surface area contributed by atoms with E-state index in [1.807, 2.05) is 85.2 Å². The summed E-state index contributed by atoms with van der Waals surface area (Å²) in [5.74, 6) is 1.55. The second kappa shape index (κ2) is 9.18. The van der Waals surface area contributed by atoms with Gasteiger partial charge < -0.3 is 0 Å². The van der Waals surface area contributed by atoms with Gasteiger partial charge in [0.1, 0.15) is 0 Å². The standard InChI is InChI=1S/C20H17N3.C2H6/c1-3-11-18(4-2)23-19(16-12-7-5-8-13-16)21-22-20(23)17-14-9-6-10-15-17;1-2/h3-15H,1-2H2;1-2H3/b18-11+;. The fourth-order valence-corrected chi connectivity index (χ4v) is 2.43. The lowest BCUT2D eigenvalue weighted by Crippen LogP contribution is -2.00. The van der Waals surface area contributed by atoms with Crippen molar-refractivity contribution in [3.8, 4) is 22.8 Å². The Hall–Kier alpha value is -3.20. The van der Waals surface area contributed by atoms with Crippen LogP contribution < -0.4 is 0 Å². The lowest BCUT2D eigenvalue weighted by Gasteiger charge is -2.11. The summed E-state index contributed by atoms with van der Waals surface area (Å²) in [5, 5.41) is 8.81. The molecule has 0 N–H and O–H groups in total. The number of nitrogens with zero attached hydrogens (tertiary/aromatic N) is 3. The van der Waals surface area contributed by atoms with Crippen molar-refractivity contribution < 1.29 is 0 Å². The maximum absolute atomic E-state index is 4.40. The number of hydrogen-bond donors (Lipinski definition) is 0. The van der Waals surface area contributed by atoms with E-state index in [1.165, 1.54) is 0 Å². The molecule has 126 valence electrons. The summed E-state index contributed by atoms with van der Waals surface area (Å²) in [4.78, 5) is 0. The monoisotopic (exact) mass is 329 g/mol. The molecule has 3 rings (SSSR count). The molecular formula is C22H23N3. The van der Waals surface area contributed by atoms with Crippen LogP contribution >= 0.6 is 0 Å². The minimum absolute atomic E-state index is 0.775. The van der Waals surface area contributed by atoms with Crippen molar-refractivity contribution in [2.75, 3.05) is 0 Å². The van der Waals surface area contributed by atoms with Crippen molar-refractivity contribution in [3.63, 3.8) is 0 Å². The van der Waals surface area contributed by atoms with Gasteiger partial charge in [-0.3, -0.25) is 4.57 Å². The largest absolute Gasteiger partial charge is 0.275 e. The first-order chi connectivity index (χ1) is 12.3. The number of hydrogen-bond acceptors (Lipinski definition) is 2. The Bertz CT molecular complexity index is 786. The molecule has 0 radical (unpaired) electrons. The van der Waals surface area contributed by atoms with Crippen LogP contribution in [-0.4, -0.2) is 14.8 Å². The summed E-state index contributed by atoms with van der Waals surface area (Å²) in [6.45, 7) is 11.7. The van der Waals surface area contributed by atoms with Crippen LogP contribution in [-0.2, 0) is 0 Å². The molecule has 1 heterocycles. The Morgan fingerprint density at radius 3 is 1.60 bits per heavy atom. The third-order valence-electron chi connectivity index (χ3n) is 3.48. The Balaban J connectivity index is 0.00000109. The zero-order chi connectivity index (χ0) is 18.1. The summed E-state index contributed by atoms with van der Waals surface area (Å²) < 4.78 is 2.00. The molecule has 1 aromatic heterocycles. The van der Waals surface area contributed by atoms with E-state index >= 15 is 0 Å². The molecule has 0 aliphatic heterocycles. The van der Waals surface area contributed by atoms with Crippen molar-refractivity contribution in [3.05, 3.63) is 92.0 Å². The first kappa shape index (κ1) is 18.1. The van der Waals surface area contributed by atoms with Gasteiger partial charge in [-0.15, -0.1) is 10.2 Å². The van der Waals surface area contributed by atoms with Crippen LogP contribution in [0.2, 0.25) is 0 Å². The van der Waals surface area contributed by atoms with Crippen LogP contribution in [0.3, 0.4) is 0 Å². The minimum Gasteiger partial charge on any atom is -0.275 e. The van der Waals surface area contributed by atoms with E-state index in [0.29, 0.717) is 0 Å². The molecule has 0 amide bonds. The van der Waals surface area contributed by atoms with E-state index in [0.717, 1.165) is 28.5 Å². The van der Waals surface area contributed by atoms with Crippen LogP contribution in [0.1, 0.15) is 13.8 Å². The molecule has 3 nitrogen and oxygen atoms in total. The fraction of sp³-hybridized carbons (Fsp3) is 0.0909. The molecule has 0 saturated heterocycles. The summed E-state index contributed by atoms with van der Waals surface area (Å²) in [7, 11) is 0. The van der Waals surface area contributed by atoms with Gasteiger partial charge in [0.05, 0.1) is 0 Å². The maximum Gasteiger partial charge on any atom is 0.168 e. The Morgan fingerprint density at radius 1 is 0.800 bits per heavy atom. The lowest BCUT2D eigenvalue weighted by molar-refractivity contribution is 1.10. The lowest BCUT2D eigenvalue weighted by atomic mass is 10.1. The van der Waals surface area contributed by atoms with Gasteiger partial charge in [-0.25, -0.2) is 0 Å². The van der Waals surface area contributed by atoms with Crippen LogP contribution in [0, 0.1) is 0 Å². The molecule has 0 fully saturated rings. The highest BCUT2D eigenvalue weighted by Gasteiger charge is 2.16. The number of benzene rings is 2. The summed E-state index contributed by atoms with van der Waals surface area (Å²) in [6.07, 6.45) is 5.42. The van der Waals surface area contributed by atoms with Gasteiger partial charge in [0.25, 0.3) is 0 Å². The molecule has 3 aromatic rings. The molecular weight excluding hydrogens is 306 g/mol. The van der Waals surface area contributed by atoms with Gasteiger partial charge in [-0.2, -0.15) is 0 Å².